The molecule has 0 bridgehead atoms. The highest BCUT2D eigenvalue weighted by Crippen LogP contribution is 2.19. The average Bonchev–Trinajstić information content (AvgIpc) is 2.58. The van der Waals surface area contributed by atoms with Gasteiger partial charge in [-0.2, -0.15) is 0 Å². The largest absolute Gasteiger partial charge is 0.350 e. The van der Waals surface area contributed by atoms with Gasteiger partial charge in [-0.05, 0) is 42.5 Å². The Morgan fingerprint density at radius 1 is 1.04 bits per heavy atom. The van der Waals surface area contributed by atoms with Crippen LogP contribution in [0.15, 0.2) is 48.5 Å². The lowest BCUT2D eigenvalue weighted by atomic mass is 10.2. The van der Waals surface area contributed by atoms with Gasteiger partial charge in [-0.25, -0.2) is 0 Å². The predicted molar refractivity (Wildman–Crippen MR) is 103 cm³/mol. The van der Waals surface area contributed by atoms with Crippen LogP contribution in [0.4, 0.5) is 11.4 Å². The SMILES string of the molecule is CC(=O)Nc1cccc(N(CCNC(=O)c2ccc(Cl)cc2)C(C)=O)c1. The molecule has 0 aliphatic carbocycles. The normalized spacial score (nSPS) is 10.1. The Balaban J connectivity index is 2.00. The number of nitrogens with zero attached hydrogens (tertiary/aromatic N) is 1. The molecule has 6 nitrogen and oxygen atoms in total. The summed E-state index contributed by atoms with van der Waals surface area (Å²) < 4.78 is 0. The summed E-state index contributed by atoms with van der Waals surface area (Å²) in [6.07, 6.45) is 0. The van der Waals surface area contributed by atoms with Crippen LogP contribution in [-0.4, -0.2) is 30.8 Å². The van der Waals surface area contributed by atoms with Gasteiger partial charge in [0, 0.05) is 48.9 Å². The molecule has 0 fully saturated rings. The molecule has 2 aromatic rings. The number of anilines is 2. The van der Waals surface area contributed by atoms with Crippen molar-refractivity contribution in [2.75, 3.05) is 23.3 Å². The van der Waals surface area contributed by atoms with Crippen molar-refractivity contribution in [3.63, 3.8) is 0 Å². The van der Waals surface area contributed by atoms with Gasteiger partial charge < -0.3 is 15.5 Å². The standard InChI is InChI=1S/C19H20ClN3O3/c1-13(24)22-17-4-3-5-18(12-17)23(14(2)25)11-10-21-19(26)15-6-8-16(20)9-7-15/h3-9,12H,10-11H2,1-2H3,(H,21,26)(H,22,24). The van der Waals surface area contributed by atoms with Gasteiger partial charge in [0.2, 0.25) is 11.8 Å². The zero-order valence-corrected chi connectivity index (χ0v) is 15.3. The van der Waals surface area contributed by atoms with Crippen LogP contribution < -0.4 is 15.5 Å². The maximum Gasteiger partial charge on any atom is 0.251 e. The first-order valence-electron chi connectivity index (χ1n) is 8.06. The van der Waals surface area contributed by atoms with Crippen LogP contribution in [0.1, 0.15) is 24.2 Å². The van der Waals surface area contributed by atoms with Crippen LogP contribution in [0, 0.1) is 0 Å². The van der Waals surface area contributed by atoms with E-state index in [-0.39, 0.29) is 24.3 Å². The van der Waals surface area contributed by atoms with Crippen LogP contribution in [0.25, 0.3) is 0 Å². The van der Waals surface area contributed by atoms with Crippen molar-refractivity contribution >= 4 is 40.7 Å². The Labute approximate surface area is 157 Å². The third-order valence-electron chi connectivity index (χ3n) is 3.59. The van der Waals surface area contributed by atoms with Gasteiger partial charge in [0.1, 0.15) is 0 Å². The molecule has 0 aliphatic rings. The van der Waals surface area contributed by atoms with E-state index in [1.807, 2.05) is 0 Å². The smallest absolute Gasteiger partial charge is 0.251 e. The number of benzene rings is 2. The minimum Gasteiger partial charge on any atom is -0.350 e. The molecule has 0 heterocycles. The van der Waals surface area contributed by atoms with Crippen molar-refractivity contribution < 1.29 is 14.4 Å². The molecule has 0 unspecified atom stereocenters. The first-order valence-corrected chi connectivity index (χ1v) is 8.44. The molecular weight excluding hydrogens is 354 g/mol. The van der Waals surface area contributed by atoms with Crippen molar-refractivity contribution in [2.24, 2.45) is 0 Å². The van der Waals surface area contributed by atoms with E-state index in [9.17, 15) is 14.4 Å². The molecule has 2 N–H and O–H groups in total. The number of amides is 3. The van der Waals surface area contributed by atoms with Crippen molar-refractivity contribution in [3.05, 3.63) is 59.1 Å². The fraction of sp³-hybridized carbons (Fsp3) is 0.211. The average molecular weight is 374 g/mol. The number of nitrogens with one attached hydrogen (secondary N) is 2. The van der Waals surface area contributed by atoms with E-state index in [0.29, 0.717) is 28.5 Å². The Kier molecular flexibility index (Phi) is 6.74. The van der Waals surface area contributed by atoms with Gasteiger partial charge in [0.05, 0.1) is 0 Å². The number of carbonyl (C=O) groups is 3. The number of hydrogen-bond donors (Lipinski definition) is 2. The lowest BCUT2D eigenvalue weighted by Gasteiger charge is -2.22. The number of hydrogen-bond acceptors (Lipinski definition) is 3. The van der Waals surface area contributed by atoms with Gasteiger partial charge in [0.25, 0.3) is 5.91 Å². The molecule has 0 aliphatic heterocycles. The highest BCUT2D eigenvalue weighted by molar-refractivity contribution is 6.30. The third-order valence-corrected chi connectivity index (χ3v) is 3.84. The molecular formula is C19H20ClN3O3. The monoisotopic (exact) mass is 373 g/mol. The molecule has 0 radical (unpaired) electrons. The number of rotatable bonds is 6. The quantitative estimate of drug-likeness (QED) is 0.816. The summed E-state index contributed by atoms with van der Waals surface area (Å²) in [5, 5.41) is 6.02. The summed E-state index contributed by atoms with van der Waals surface area (Å²) in [5.74, 6) is -0.588. The summed E-state index contributed by atoms with van der Waals surface area (Å²) in [6, 6.07) is 13.5. The minimum absolute atomic E-state index is 0.161. The van der Waals surface area contributed by atoms with Gasteiger partial charge in [-0.15, -0.1) is 0 Å². The Bertz CT molecular complexity index is 806. The first kappa shape index (κ1) is 19.5. The molecule has 0 aromatic heterocycles. The molecule has 0 saturated carbocycles. The first-order chi connectivity index (χ1) is 12.4. The van der Waals surface area contributed by atoms with E-state index in [0.717, 1.165) is 0 Å². The summed E-state index contributed by atoms with van der Waals surface area (Å²) in [4.78, 5) is 36.8. The maximum atomic E-state index is 12.1. The molecule has 136 valence electrons. The molecule has 7 heteroatoms. The van der Waals surface area contributed by atoms with E-state index < -0.39 is 0 Å². The fourth-order valence-corrected chi connectivity index (χ4v) is 2.53. The zero-order chi connectivity index (χ0) is 19.1. The van der Waals surface area contributed by atoms with Gasteiger partial charge >= 0.3 is 0 Å². The second-order valence-corrected chi connectivity index (χ2v) is 6.10. The summed E-state index contributed by atoms with van der Waals surface area (Å²) in [7, 11) is 0. The van der Waals surface area contributed by atoms with Gasteiger partial charge in [-0.1, -0.05) is 17.7 Å². The summed E-state index contributed by atoms with van der Waals surface area (Å²) in [6.45, 7) is 3.46. The Morgan fingerprint density at radius 2 is 1.73 bits per heavy atom. The van der Waals surface area contributed by atoms with Crippen LogP contribution >= 0.6 is 11.6 Å². The highest BCUT2D eigenvalue weighted by atomic mass is 35.5. The lowest BCUT2D eigenvalue weighted by Crippen LogP contribution is -2.37. The van der Waals surface area contributed by atoms with E-state index >= 15 is 0 Å². The Hall–Kier alpha value is -2.86. The predicted octanol–water partition coefficient (Wildman–Crippen LogP) is 3.08. The van der Waals surface area contributed by atoms with Gasteiger partial charge in [-0.3, -0.25) is 14.4 Å². The number of carbonyl (C=O) groups excluding carboxylic acids is 3. The molecule has 0 atom stereocenters. The molecule has 26 heavy (non-hydrogen) atoms. The number of halogens is 1. The summed E-state index contributed by atoms with van der Waals surface area (Å²) in [5.41, 5.74) is 1.74. The van der Waals surface area contributed by atoms with E-state index in [1.54, 1.807) is 48.5 Å². The minimum atomic E-state index is -0.239. The van der Waals surface area contributed by atoms with Crippen molar-refractivity contribution in [1.82, 2.24) is 5.32 Å². The van der Waals surface area contributed by atoms with E-state index in [1.165, 1.54) is 18.7 Å². The van der Waals surface area contributed by atoms with E-state index in [4.69, 9.17) is 11.6 Å². The fourth-order valence-electron chi connectivity index (χ4n) is 2.41. The molecule has 2 rings (SSSR count). The molecule has 2 aromatic carbocycles. The van der Waals surface area contributed by atoms with Crippen LogP contribution in [0.3, 0.4) is 0 Å². The van der Waals surface area contributed by atoms with Crippen molar-refractivity contribution in [2.45, 2.75) is 13.8 Å². The molecule has 0 saturated heterocycles. The van der Waals surface area contributed by atoms with E-state index in [2.05, 4.69) is 10.6 Å². The topological polar surface area (TPSA) is 78.5 Å². The molecule has 0 spiro atoms. The third kappa shape index (κ3) is 5.60. The second-order valence-electron chi connectivity index (χ2n) is 5.66. The van der Waals surface area contributed by atoms with Crippen LogP contribution in [0.5, 0.6) is 0 Å². The zero-order valence-electron chi connectivity index (χ0n) is 14.6. The van der Waals surface area contributed by atoms with Crippen molar-refractivity contribution in [3.8, 4) is 0 Å². The lowest BCUT2D eigenvalue weighted by molar-refractivity contribution is -0.116. The Morgan fingerprint density at radius 3 is 2.35 bits per heavy atom. The maximum absolute atomic E-state index is 12.1. The van der Waals surface area contributed by atoms with Crippen LogP contribution in [0.2, 0.25) is 5.02 Å². The van der Waals surface area contributed by atoms with Gasteiger partial charge in [0.15, 0.2) is 0 Å². The van der Waals surface area contributed by atoms with Crippen LogP contribution in [-0.2, 0) is 9.59 Å². The second kappa shape index (κ2) is 9.01. The highest BCUT2D eigenvalue weighted by Gasteiger charge is 2.13. The molecule has 3 amide bonds. The summed E-state index contributed by atoms with van der Waals surface area (Å²) >= 11 is 5.81. The van der Waals surface area contributed by atoms with Crippen molar-refractivity contribution in [1.29, 1.82) is 0 Å².